The van der Waals surface area contributed by atoms with E-state index < -0.39 is 18.1 Å². The molecule has 0 aliphatic rings. The summed E-state index contributed by atoms with van der Waals surface area (Å²) in [5.41, 5.74) is 7.04. The number of hydrogen-bond acceptors (Lipinski definition) is 6. The second-order valence-corrected chi connectivity index (χ2v) is 9.86. The summed E-state index contributed by atoms with van der Waals surface area (Å²) in [5, 5.41) is 25.7. The van der Waals surface area contributed by atoms with E-state index in [-0.39, 0.29) is 6.54 Å². The molecule has 0 saturated carbocycles. The van der Waals surface area contributed by atoms with Crippen molar-refractivity contribution in [2.45, 2.75) is 46.2 Å². The maximum Gasteiger partial charge on any atom is 0.490 e. The van der Waals surface area contributed by atoms with Crippen molar-refractivity contribution in [1.82, 2.24) is 14.9 Å². The van der Waals surface area contributed by atoms with Gasteiger partial charge < -0.3 is 10.2 Å². The Labute approximate surface area is 237 Å². The lowest BCUT2D eigenvalue weighted by Gasteiger charge is -2.17. The number of aromatic nitrogens is 2. The Morgan fingerprint density at radius 2 is 1.68 bits per heavy atom. The molecule has 0 radical (unpaired) electrons. The SMILES string of the molecule is CCc1c(CCN(C)CC(=O)O)cccc1-c1cnc(-c2ccc(CC(C)C)c(C#N)c2)nc1.O=C(O)C(F)(F)F. The van der Waals surface area contributed by atoms with E-state index in [9.17, 15) is 23.2 Å². The summed E-state index contributed by atoms with van der Waals surface area (Å²) in [7, 11) is 1.82. The van der Waals surface area contributed by atoms with Crippen molar-refractivity contribution in [3.8, 4) is 28.6 Å². The monoisotopic (exact) mass is 570 g/mol. The van der Waals surface area contributed by atoms with Gasteiger partial charge in [0.25, 0.3) is 0 Å². The highest BCUT2D eigenvalue weighted by atomic mass is 19.4. The molecule has 0 unspecified atom stereocenters. The van der Waals surface area contributed by atoms with Crippen LogP contribution in [0.3, 0.4) is 0 Å². The van der Waals surface area contributed by atoms with E-state index in [4.69, 9.17) is 15.0 Å². The number of alkyl halides is 3. The van der Waals surface area contributed by atoms with Crippen LogP contribution in [0, 0.1) is 17.2 Å². The Morgan fingerprint density at radius 3 is 2.20 bits per heavy atom. The number of carbonyl (C=O) groups is 2. The summed E-state index contributed by atoms with van der Waals surface area (Å²) >= 11 is 0. The molecule has 8 nitrogen and oxygen atoms in total. The minimum Gasteiger partial charge on any atom is -0.480 e. The summed E-state index contributed by atoms with van der Waals surface area (Å²) in [6.07, 6.45) is 1.10. The molecule has 0 aliphatic heterocycles. The van der Waals surface area contributed by atoms with Gasteiger partial charge in [0.2, 0.25) is 0 Å². The molecular formula is C30H33F3N4O4. The second-order valence-electron chi connectivity index (χ2n) is 9.86. The number of carboxylic acids is 2. The third kappa shape index (κ3) is 9.99. The van der Waals surface area contributed by atoms with Crippen LogP contribution in [-0.4, -0.2) is 63.3 Å². The van der Waals surface area contributed by atoms with Gasteiger partial charge in [-0.3, -0.25) is 9.69 Å². The number of benzene rings is 2. The summed E-state index contributed by atoms with van der Waals surface area (Å²) in [6, 6.07) is 14.4. The number of likely N-dealkylation sites (N-methyl/N-ethyl adjacent to an activating group) is 1. The number of halogens is 3. The number of nitriles is 1. The normalized spacial score (nSPS) is 11.1. The van der Waals surface area contributed by atoms with E-state index in [0.717, 1.165) is 41.5 Å². The lowest BCUT2D eigenvalue weighted by Crippen LogP contribution is -2.27. The van der Waals surface area contributed by atoms with E-state index >= 15 is 0 Å². The minimum absolute atomic E-state index is 0.0302. The second kappa shape index (κ2) is 14.9. The highest BCUT2D eigenvalue weighted by Gasteiger charge is 2.38. The number of rotatable bonds is 10. The zero-order valence-corrected chi connectivity index (χ0v) is 23.4. The van der Waals surface area contributed by atoms with Crippen LogP contribution in [0.4, 0.5) is 13.2 Å². The molecule has 0 amide bonds. The summed E-state index contributed by atoms with van der Waals surface area (Å²) < 4.78 is 31.7. The highest BCUT2D eigenvalue weighted by Crippen LogP contribution is 2.28. The van der Waals surface area contributed by atoms with Crippen LogP contribution in [0.1, 0.15) is 43.0 Å². The maximum absolute atomic E-state index is 10.9. The first-order valence-electron chi connectivity index (χ1n) is 12.9. The zero-order valence-electron chi connectivity index (χ0n) is 23.4. The van der Waals surface area contributed by atoms with Crippen molar-refractivity contribution in [1.29, 1.82) is 5.26 Å². The predicted molar refractivity (Wildman–Crippen MR) is 148 cm³/mol. The lowest BCUT2D eigenvalue weighted by molar-refractivity contribution is -0.192. The molecule has 11 heteroatoms. The fraction of sp³-hybridized carbons (Fsp3) is 0.367. The lowest BCUT2D eigenvalue weighted by atomic mass is 9.93. The third-order valence-electron chi connectivity index (χ3n) is 6.12. The van der Waals surface area contributed by atoms with E-state index in [1.807, 2.05) is 48.6 Å². The van der Waals surface area contributed by atoms with Crippen LogP contribution in [0.5, 0.6) is 0 Å². The molecule has 1 heterocycles. The summed E-state index contributed by atoms with van der Waals surface area (Å²) in [5.74, 6) is -2.50. The Hall–Kier alpha value is -4.30. The molecule has 2 N–H and O–H groups in total. The van der Waals surface area contributed by atoms with Crippen molar-refractivity contribution >= 4 is 11.9 Å². The van der Waals surface area contributed by atoms with Crippen LogP contribution in [0.25, 0.3) is 22.5 Å². The standard InChI is InChI=1S/C28H32N4O2.C2HF3O2/c1-5-25-20(11-12-32(4)18-27(33)34)7-6-8-26(25)24-16-30-28(31-17-24)22-10-9-21(13-19(2)3)23(14-22)15-29;3-2(4,5)1(6)7/h6-10,14,16-17,19H,5,11-13,18H2,1-4H3,(H,33,34);(H,6,7). The zero-order chi connectivity index (χ0) is 30.7. The molecule has 1 aromatic heterocycles. The van der Waals surface area contributed by atoms with Crippen molar-refractivity contribution in [3.05, 3.63) is 71.0 Å². The molecule has 0 aliphatic carbocycles. The fourth-order valence-corrected chi connectivity index (χ4v) is 4.23. The van der Waals surface area contributed by atoms with Crippen molar-refractivity contribution in [2.75, 3.05) is 20.1 Å². The van der Waals surface area contributed by atoms with Crippen molar-refractivity contribution in [3.63, 3.8) is 0 Å². The van der Waals surface area contributed by atoms with E-state index in [2.05, 4.69) is 48.9 Å². The van der Waals surface area contributed by atoms with Gasteiger partial charge in [-0.25, -0.2) is 14.8 Å². The Balaban J connectivity index is 0.000000745. The molecule has 41 heavy (non-hydrogen) atoms. The van der Waals surface area contributed by atoms with Crippen LogP contribution in [0.2, 0.25) is 0 Å². The number of carboxylic acid groups (broad SMARTS) is 2. The quantitative estimate of drug-likeness (QED) is 0.321. The summed E-state index contributed by atoms with van der Waals surface area (Å²) in [4.78, 5) is 30.9. The molecule has 3 aromatic rings. The topological polar surface area (TPSA) is 127 Å². The average Bonchev–Trinajstić information content (AvgIpc) is 2.91. The number of aliphatic carboxylic acids is 2. The molecule has 2 aromatic carbocycles. The van der Waals surface area contributed by atoms with Gasteiger partial charge in [0, 0.05) is 30.1 Å². The number of hydrogen-bond donors (Lipinski definition) is 2. The first-order chi connectivity index (χ1) is 19.3. The van der Waals surface area contributed by atoms with E-state index in [1.165, 1.54) is 11.1 Å². The van der Waals surface area contributed by atoms with Crippen LogP contribution >= 0.6 is 0 Å². The molecule has 3 rings (SSSR count). The first-order valence-corrected chi connectivity index (χ1v) is 12.9. The Kier molecular flexibility index (Phi) is 12.0. The van der Waals surface area contributed by atoms with Gasteiger partial charge >= 0.3 is 18.1 Å². The van der Waals surface area contributed by atoms with Gasteiger partial charge in [0.15, 0.2) is 5.82 Å². The van der Waals surface area contributed by atoms with E-state index in [0.29, 0.717) is 23.9 Å². The largest absolute Gasteiger partial charge is 0.490 e. The number of nitrogens with zero attached hydrogens (tertiary/aromatic N) is 4. The third-order valence-corrected chi connectivity index (χ3v) is 6.12. The maximum atomic E-state index is 10.9. The van der Waals surface area contributed by atoms with Gasteiger partial charge in [-0.15, -0.1) is 0 Å². The van der Waals surface area contributed by atoms with Gasteiger partial charge in [0.1, 0.15) is 0 Å². The Morgan fingerprint density at radius 1 is 1.05 bits per heavy atom. The Bertz CT molecular complexity index is 1380. The van der Waals surface area contributed by atoms with Crippen LogP contribution in [0.15, 0.2) is 48.8 Å². The average molecular weight is 571 g/mol. The minimum atomic E-state index is -5.08. The van der Waals surface area contributed by atoms with Gasteiger partial charge in [0.05, 0.1) is 18.2 Å². The first kappa shape index (κ1) is 32.9. The van der Waals surface area contributed by atoms with Crippen LogP contribution < -0.4 is 0 Å². The highest BCUT2D eigenvalue weighted by molar-refractivity contribution is 5.73. The molecule has 0 atom stereocenters. The van der Waals surface area contributed by atoms with Crippen LogP contribution in [-0.2, 0) is 28.9 Å². The molecule has 0 spiro atoms. The molecule has 0 fully saturated rings. The molecule has 0 saturated heterocycles. The molecule has 0 bridgehead atoms. The van der Waals surface area contributed by atoms with Gasteiger partial charge in [-0.2, -0.15) is 18.4 Å². The van der Waals surface area contributed by atoms with Crippen molar-refractivity contribution in [2.24, 2.45) is 5.92 Å². The smallest absolute Gasteiger partial charge is 0.480 e. The van der Waals surface area contributed by atoms with Gasteiger partial charge in [-0.05, 0) is 60.5 Å². The van der Waals surface area contributed by atoms with Crippen molar-refractivity contribution < 1.29 is 33.0 Å². The van der Waals surface area contributed by atoms with E-state index in [1.54, 1.807) is 0 Å². The fourth-order valence-electron chi connectivity index (χ4n) is 4.23. The van der Waals surface area contributed by atoms with Gasteiger partial charge in [-0.1, -0.05) is 51.1 Å². The summed E-state index contributed by atoms with van der Waals surface area (Å²) in [6.45, 7) is 7.12. The molecular weight excluding hydrogens is 537 g/mol. The predicted octanol–water partition coefficient (Wildman–Crippen LogP) is 5.64. The molecule has 218 valence electrons.